The lowest BCUT2D eigenvalue weighted by Crippen LogP contribution is -2.03. The maximum Gasteiger partial charge on any atom is 0.192 e. The van der Waals surface area contributed by atoms with Gasteiger partial charge in [-0.25, -0.2) is 0 Å². The fourth-order valence-electron chi connectivity index (χ4n) is 2.01. The fourth-order valence-corrected chi connectivity index (χ4v) is 2.73. The Bertz CT molecular complexity index is 790. The van der Waals surface area contributed by atoms with Gasteiger partial charge in [0.25, 0.3) is 0 Å². The maximum atomic E-state index is 8.77. The Morgan fingerprint density at radius 3 is 2.73 bits per heavy atom. The third kappa shape index (κ3) is 3.16. The second-order valence-corrected chi connectivity index (χ2v) is 5.80. The van der Waals surface area contributed by atoms with Gasteiger partial charge in [0.1, 0.15) is 5.76 Å². The number of nitriles is 1. The van der Waals surface area contributed by atoms with Crippen LogP contribution in [0, 0.1) is 11.3 Å². The molecule has 0 aliphatic rings. The SMILES string of the molecule is N#CCSc1nnc(-c2ccc(Cl)cc2)n1Cc1ccco1. The monoisotopic (exact) mass is 330 g/mol. The Hall–Kier alpha value is -2.23. The van der Waals surface area contributed by atoms with Crippen molar-refractivity contribution >= 4 is 23.4 Å². The lowest BCUT2D eigenvalue weighted by Gasteiger charge is -2.08. The quantitative estimate of drug-likeness (QED) is 0.664. The maximum absolute atomic E-state index is 8.77. The van der Waals surface area contributed by atoms with Crippen molar-refractivity contribution in [2.24, 2.45) is 0 Å². The molecule has 0 radical (unpaired) electrons. The Morgan fingerprint density at radius 1 is 1.23 bits per heavy atom. The minimum absolute atomic E-state index is 0.316. The molecule has 0 amide bonds. The van der Waals surface area contributed by atoms with Gasteiger partial charge in [-0.15, -0.1) is 10.2 Å². The molecule has 1 aromatic carbocycles. The van der Waals surface area contributed by atoms with Crippen molar-refractivity contribution in [3.8, 4) is 17.5 Å². The van der Waals surface area contributed by atoms with Crippen LogP contribution in [0.25, 0.3) is 11.4 Å². The van der Waals surface area contributed by atoms with E-state index in [0.29, 0.717) is 28.3 Å². The van der Waals surface area contributed by atoms with E-state index in [1.54, 1.807) is 6.26 Å². The van der Waals surface area contributed by atoms with E-state index in [0.717, 1.165) is 11.3 Å². The normalized spacial score (nSPS) is 10.5. The van der Waals surface area contributed by atoms with E-state index in [1.807, 2.05) is 41.0 Å². The van der Waals surface area contributed by atoms with Gasteiger partial charge in [0, 0.05) is 10.6 Å². The van der Waals surface area contributed by atoms with Crippen LogP contribution >= 0.6 is 23.4 Å². The van der Waals surface area contributed by atoms with Gasteiger partial charge < -0.3 is 4.42 Å². The molecule has 0 saturated carbocycles. The van der Waals surface area contributed by atoms with E-state index in [1.165, 1.54) is 11.8 Å². The molecule has 2 aromatic heterocycles. The molecule has 110 valence electrons. The van der Waals surface area contributed by atoms with E-state index in [2.05, 4.69) is 16.3 Å². The number of hydrogen-bond donors (Lipinski definition) is 0. The summed E-state index contributed by atoms with van der Waals surface area (Å²) in [6, 6.07) is 13.2. The molecule has 2 heterocycles. The van der Waals surface area contributed by atoms with Crippen molar-refractivity contribution in [2.75, 3.05) is 5.75 Å². The summed E-state index contributed by atoms with van der Waals surface area (Å²) in [4.78, 5) is 0. The first kappa shape index (κ1) is 14.7. The van der Waals surface area contributed by atoms with Crippen LogP contribution in [0.3, 0.4) is 0 Å². The van der Waals surface area contributed by atoms with E-state index < -0.39 is 0 Å². The number of benzene rings is 1. The van der Waals surface area contributed by atoms with Crippen LogP contribution in [-0.4, -0.2) is 20.5 Å². The molecule has 7 heteroatoms. The molecular weight excluding hydrogens is 320 g/mol. The second kappa shape index (κ2) is 6.69. The smallest absolute Gasteiger partial charge is 0.192 e. The summed E-state index contributed by atoms with van der Waals surface area (Å²) in [5, 5.41) is 18.5. The van der Waals surface area contributed by atoms with E-state index in [-0.39, 0.29) is 0 Å². The molecule has 0 unspecified atom stereocenters. The zero-order valence-electron chi connectivity index (χ0n) is 11.4. The number of rotatable bonds is 5. The van der Waals surface area contributed by atoms with Gasteiger partial charge in [-0.05, 0) is 36.4 Å². The zero-order chi connectivity index (χ0) is 15.4. The number of hydrogen-bond acceptors (Lipinski definition) is 5. The number of nitrogens with zero attached hydrogens (tertiary/aromatic N) is 4. The summed E-state index contributed by atoms with van der Waals surface area (Å²) in [6.45, 7) is 0.506. The summed E-state index contributed by atoms with van der Waals surface area (Å²) >= 11 is 7.28. The van der Waals surface area contributed by atoms with Crippen molar-refractivity contribution in [3.05, 3.63) is 53.4 Å². The van der Waals surface area contributed by atoms with Crippen LogP contribution in [0.1, 0.15) is 5.76 Å². The minimum Gasteiger partial charge on any atom is -0.467 e. The highest BCUT2D eigenvalue weighted by molar-refractivity contribution is 7.99. The van der Waals surface area contributed by atoms with Gasteiger partial charge in [0.05, 0.1) is 24.6 Å². The summed E-state index contributed by atoms with van der Waals surface area (Å²) in [6.07, 6.45) is 1.63. The average Bonchev–Trinajstić information content (AvgIpc) is 3.17. The van der Waals surface area contributed by atoms with Crippen LogP contribution in [0.15, 0.2) is 52.2 Å². The molecule has 0 bridgehead atoms. The van der Waals surface area contributed by atoms with Gasteiger partial charge >= 0.3 is 0 Å². The molecule has 0 aliphatic carbocycles. The van der Waals surface area contributed by atoms with Gasteiger partial charge in [0.2, 0.25) is 0 Å². The first-order chi connectivity index (χ1) is 10.8. The highest BCUT2D eigenvalue weighted by atomic mass is 35.5. The van der Waals surface area contributed by atoms with Crippen LogP contribution in [-0.2, 0) is 6.54 Å². The zero-order valence-corrected chi connectivity index (χ0v) is 13.0. The van der Waals surface area contributed by atoms with Crippen LogP contribution in [0.5, 0.6) is 0 Å². The van der Waals surface area contributed by atoms with Gasteiger partial charge in [-0.1, -0.05) is 23.4 Å². The Kier molecular flexibility index (Phi) is 4.47. The average molecular weight is 331 g/mol. The molecule has 0 N–H and O–H groups in total. The third-order valence-electron chi connectivity index (χ3n) is 2.98. The molecule has 0 aliphatic heterocycles. The predicted molar refractivity (Wildman–Crippen MR) is 84.6 cm³/mol. The lowest BCUT2D eigenvalue weighted by atomic mass is 10.2. The van der Waals surface area contributed by atoms with Crippen molar-refractivity contribution in [3.63, 3.8) is 0 Å². The Labute approximate surface area is 136 Å². The molecule has 0 fully saturated rings. The molecule has 0 atom stereocenters. The number of furan rings is 1. The Morgan fingerprint density at radius 2 is 2.05 bits per heavy atom. The summed E-state index contributed by atoms with van der Waals surface area (Å²) < 4.78 is 7.34. The van der Waals surface area contributed by atoms with Crippen LogP contribution in [0.2, 0.25) is 5.02 Å². The first-order valence-electron chi connectivity index (χ1n) is 6.49. The molecule has 22 heavy (non-hydrogen) atoms. The number of aromatic nitrogens is 3. The third-order valence-corrected chi connectivity index (χ3v) is 4.06. The van der Waals surface area contributed by atoms with E-state index in [4.69, 9.17) is 21.3 Å². The first-order valence-corrected chi connectivity index (χ1v) is 7.85. The fraction of sp³-hybridized carbons (Fsp3) is 0.133. The van der Waals surface area contributed by atoms with Gasteiger partial charge in [-0.3, -0.25) is 4.57 Å². The molecule has 3 rings (SSSR count). The predicted octanol–water partition coefficient (Wildman–Crippen LogP) is 3.86. The molecule has 0 saturated heterocycles. The number of thioether (sulfide) groups is 1. The second-order valence-electron chi connectivity index (χ2n) is 4.43. The topological polar surface area (TPSA) is 67.6 Å². The Balaban J connectivity index is 2.00. The highest BCUT2D eigenvalue weighted by Gasteiger charge is 2.15. The molecule has 3 aromatic rings. The molecule has 0 spiro atoms. The van der Waals surface area contributed by atoms with Crippen molar-refractivity contribution < 1.29 is 4.42 Å². The lowest BCUT2D eigenvalue weighted by molar-refractivity contribution is 0.485. The summed E-state index contributed by atoms with van der Waals surface area (Å²) in [5.74, 6) is 1.83. The number of halogens is 1. The minimum atomic E-state index is 0.316. The molecule has 5 nitrogen and oxygen atoms in total. The van der Waals surface area contributed by atoms with Crippen LogP contribution < -0.4 is 0 Å². The van der Waals surface area contributed by atoms with Gasteiger partial charge in [-0.2, -0.15) is 5.26 Å². The largest absolute Gasteiger partial charge is 0.467 e. The van der Waals surface area contributed by atoms with Crippen molar-refractivity contribution in [2.45, 2.75) is 11.7 Å². The molecular formula is C15H11ClN4OS. The van der Waals surface area contributed by atoms with E-state index in [9.17, 15) is 0 Å². The van der Waals surface area contributed by atoms with Gasteiger partial charge in [0.15, 0.2) is 11.0 Å². The van der Waals surface area contributed by atoms with Crippen molar-refractivity contribution in [1.82, 2.24) is 14.8 Å². The highest BCUT2D eigenvalue weighted by Crippen LogP contribution is 2.26. The van der Waals surface area contributed by atoms with Crippen LogP contribution in [0.4, 0.5) is 0 Å². The summed E-state index contributed by atoms with van der Waals surface area (Å²) in [7, 11) is 0. The standard InChI is InChI=1S/C15H11ClN4OS/c16-12-5-3-11(4-6-12)14-18-19-15(22-9-7-17)20(14)10-13-2-1-8-21-13/h1-6,8H,9-10H2. The van der Waals surface area contributed by atoms with Crippen molar-refractivity contribution in [1.29, 1.82) is 5.26 Å². The summed E-state index contributed by atoms with van der Waals surface area (Å²) in [5.41, 5.74) is 0.910. The van der Waals surface area contributed by atoms with E-state index >= 15 is 0 Å².